The van der Waals surface area contributed by atoms with Gasteiger partial charge < -0.3 is 9.30 Å². The number of benzene rings is 3. The highest BCUT2D eigenvalue weighted by molar-refractivity contribution is 6.10. The molecule has 4 aromatic rings. The van der Waals surface area contributed by atoms with Crippen molar-refractivity contribution in [2.45, 2.75) is 0 Å². The fourth-order valence-corrected chi connectivity index (χ4v) is 3.13. The van der Waals surface area contributed by atoms with Gasteiger partial charge in [0.05, 0.1) is 29.4 Å². The lowest BCUT2D eigenvalue weighted by Crippen LogP contribution is -2.07. The number of carbonyl (C=O) groups is 1. The fourth-order valence-electron chi connectivity index (χ4n) is 3.13. The SMILES string of the molecule is COC(=O)c1ccccc1-n1c2ccccc2c2ccccc21. The zero-order chi connectivity index (χ0) is 15.8. The van der Waals surface area contributed by atoms with E-state index in [9.17, 15) is 4.79 Å². The maximum absolute atomic E-state index is 12.2. The van der Waals surface area contributed by atoms with E-state index >= 15 is 0 Å². The monoisotopic (exact) mass is 301 g/mol. The van der Waals surface area contributed by atoms with Gasteiger partial charge in [0, 0.05) is 10.8 Å². The predicted molar refractivity (Wildman–Crippen MR) is 92.1 cm³/mol. The number of rotatable bonds is 2. The van der Waals surface area contributed by atoms with Crippen LogP contribution in [0.15, 0.2) is 72.8 Å². The largest absolute Gasteiger partial charge is 0.465 e. The van der Waals surface area contributed by atoms with Crippen LogP contribution in [0.3, 0.4) is 0 Å². The zero-order valence-corrected chi connectivity index (χ0v) is 12.7. The van der Waals surface area contributed by atoms with Gasteiger partial charge in [-0.05, 0) is 24.3 Å². The smallest absolute Gasteiger partial charge is 0.339 e. The van der Waals surface area contributed by atoms with Gasteiger partial charge in [0.2, 0.25) is 0 Å². The summed E-state index contributed by atoms with van der Waals surface area (Å²) in [5, 5.41) is 2.34. The summed E-state index contributed by atoms with van der Waals surface area (Å²) >= 11 is 0. The standard InChI is InChI=1S/C20H15NO2/c1-23-20(22)16-10-4-7-13-19(16)21-17-11-5-2-8-14(17)15-9-3-6-12-18(15)21/h2-13H,1H3. The van der Waals surface area contributed by atoms with Crippen LogP contribution >= 0.6 is 0 Å². The van der Waals surface area contributed by atoms with Gasteiger partial charge in [-0.2, -0.15) is 0 Å². The molecule has 1 aromatic heterocycles. The van der Waals surface area contributed by atoms with Gasteiger partial charge in [-0.3, -0.25) is 0 Å². The Kier molecular flexibility index (Phi) is 3.12. The molecule has 3 nitrogen and oxygen atoms in total. The first-order valence-corrected chi connectivity index (χ1v) is 7.47. The summed E-state index contributed by atoms with van der Waals surface area (Å²) in [5.74, 6) is -0.331. The van der Waals surface area contributed by atoms with Crippen LogP contribution in [0.5, 0.6) is 0 Å². The first-order chi connectivity index (χ1) is 11.3. The molecule has 0 aliphatic rings. The van der Waals surface area contributed by atoms with Crippen LogP contribution in [0.1, 0.15) is 10.4 Å². The van der Waals surface area contributed by atoms with E-state index < -0.39 is 0 Å². The minimum absolute atomic E-state index is 0.331. The Labute approximate surface area is 133 Å². The van der Waals surface area contributed by atoms with Gasteiger partial charge in [0.15, 0.2) is 0 Å². The molecule has 0 aliphatic carbocycles. The molecule has 0 spiro atoms. The first-order valence-electron chi connectivity index (χ1n) is 7.47. The van der Waals surface area contributed by atoms with E-state index in [-0.39, 0.29) is 5.97 Å². The van der Waals surface area contributed by atoms with Crippen LogP contribution in [0, 0.1) is 0 Å². The first kappa shape index (κ1) is 13.6. The third-order valence-electron chi connectivity index (χ3n) is 4.13. The summed E-state index contributed by atoms with van der Waals surface area (Å²) in [7, 11) is 1.41. The van der Waals surface area contributed by atoms with Crippen LogP contribution in [-0.2, 0) is 4.74 Å². The molecule has 0 atom stereocenters. The Bertz CT molecular complexity index is 977. The molecule has 23 heavy (non-hydrogen) atoms. The average Bonchev–Trinajstić information content (AvgIpc) is 2.95. The van der Waals surface area contributed by atoms with Crippen molar-refractivity contribution in [3.8, 4) is 5.69 Å². The van der Waals surface area contributed by atoms with Crippen LogP contribution in [0.2, 0.25) is 0 Å². The molecular formula is C20H15NO2. The number of hydrogen-bond acceptors (Lipinski definition) is 2. The topological polar surface area (TPSA) is 31.2 Å². The van der Waals surface area contributed by atoms with Crippen molar-refractivity contribution < 1.29 is 9.53 Å². The second-order valence-electron chi connectivity index (χ2n) is 5.38. The van der Waals surface area contributed by atoms with E-state index in [0.29, 0.717) is 5.56 Å². The molecule has 0 unspecified atom stereocenters. The molecule has 0 N–H and O–H groups in total. The molecule has 4 rings (SSSR count). The van der Waals surface area contributed by atoms with Crippen LogP contribution in [0.4, 0.5) is 0 Å². The van der Waals surface area contributed by atoms with Crippen molar-refractivity contribution in [2.75, 3.05) is 7.11 Å². The van der Waals surface area contributed by atoms with E-state index in [1.54, 1.807) is 6.07 Å². The van der Waals surface area contributed by atoms with Crippen LogP contribution in [-0.4, -0.2) is 17.6 Å². The summed E-state index contributed by atoms with van der Waals surface area (Å²) < 4.78 is 7.07. The van der Waals surface area contributed by atoms with Crippen molar-refractivity contribution >= 4 is 27.8 Å². The Hall–Kier alpha value is -3.07. The van der Waals surface area contributed by atoms with Crippen LogP contribution < -0.4 is 0 Å². The molecule has 0 aliphatic heterocycles. The highest BCUT2D eigenvalue weighted by atomic mass is 16.5. The molecule has 0 saturated carbocycles. The molecule has 0 fully saturated rings. The summed E-state index contributed by atoms with van der Waals surface area (Å²) in [6.07, 6.45) is 0. The summed E-state index contributed by atoms with van der Waals surface area (Å²) in [5.41, 5.74) is 3.54. The number of ether oxygens (including phenoxy) is 1. The number of para-hydroxylation sites is 3. The lowest BCUT2D eigenvalue weighted by atomic mass is 10.1. The van der Waals surface area contributed by atoms with Gasteiger partial charge in [0.1, 0.15) is 0 Å². The quantitative estimate of drug-likeness (QED) is 0.508. The van der Waals surface area contributed by atoms with Gasteiger partial charge in [-0.25, -0.2) is 4.79 Å². The predicted octanol–water partition coefficient (Wildman–Crippen LogP) is 4.57. The van der Waals surface area contributed by atoms with Crippen molar-refractivity contribution in [3.05, 3.63) is 78.4 Å². The summed E-state index contributed by atoms with van der Waals surface area (Å²) in [6.45, 7) is 0. The second-order valence-corrected chi connectivity index (χ2v) is 5.38. The van der Waals surface area contributed by atoms with Gasteiger partial charge in [-0.15, -0.1) is 0 Å². The lowest BCUT2D eigenvalue weighted by molar-refractivity contribution is 0.0601. The second kappa shape index (κ2) is 5.29. The summed E-state index contributed by atoms with van der Waals surface area (Å²) in [6, 6.07) is 24.0. The highest BCUT2D eigenvalue weighted by Gasteiger charge is 2.17. The zero-order valence-electron chi connectivity index (χ0n) is 12.7. The number of nitrogens with zero attached hydrogens (tertiary/aromatic N) is 1. The van der Waals surface area contributed by atoms with Gasteiger partial charge in [0.25, 0.3) is 0 Å². The molecule has 0 amide bonds. The third-order valence-corrected chi connectivity index (χ3v) is 4.13. The van der Waals surface area contributed by atoms with E-state index in [1.807, 2.05) is 42.5 Å². The maximum atomic E-state index is 12.2. The minimum atomic E-state index is -0.331. The third kappa shape index (κ3) is 2.01. The molecule has 1 heterocycles. The van der Waals surface area contributed by atoms with Gasteiger partial charge >= 0.3 is 5.97 Å². The van der Waals surface area contributed by atoms with E-state index in [4.69, 9.17) is 4.74 Å². The minimum Gasteiger partial charge on any atom is -0.465 e. The van der Waals surface area contributed by atoms with Gasteiger partial charge in [-0.1, -0.05) is 48.5 Å². The number of carbonyl (C=O) groups excluding carboxylic acids is 1. The number of hydrogen-bond donors (Lipinski definition) is 0. The van der Waals surface area contributed by atoms with E-state index in [1.165, 1.54) is 17.9 Å². The fraction of sp³-hybridized carbons (Fsp3) is 0.0500. The number of aromatic nitrogens is 1. The van der Waals surface area contributed by atoms with E-state index in [0.717, 1.165) is 16.7 Å². The number of fused-ring (bicyclic) bond motifs is 3. The van der Waals surface area contributed by atoms with E-state index in [2.05, 4.69) is 28.8 Å². The lowest BCUT2D eigenvalue weighted by Gasteiger charge is -2.12. The molecule has 3 heteroatoms. The maximum Gasteiger partial charge on any atom is 0.339 e. The molecule has 0 saturated heterocycles. The Morgan fingerprint density at radius 1 is 0.783 bits per heavy atom. The molecule has 0 radical (unpaired) electrons. The molecule has 112 valence electrons. The Balaban J connectivity index is 2.16. The normalized spacial score (nSPS) is 11.0. The van der Waals surface area contributed by atoms with Crippen molar-refractivity contribution in [2.24, 2.45) is 0 Å². The highest BCUT2D eigenvalue weighted by Crippen LogP contribution is 2.32. The average molecular weight is 301 g/mol. The molecule has 3 aromatic carbocycles. The van der Waals surface area contributed by atoms with Crippen molar-refractivity contribution in [1.29, 1.82) is 0 Å². The molecule has 0 bridgehead atoms. The van der Waals surface area contributed by atoms with Crippen LogP contribution in [0.25, 0.3) is 27.5 Å². The molecular weight excluding hydrogens is 286 g/mol. The Morgan fingerprint density at radius 2 is 1.30 bits per heavy atom. The number of methoxy groups -OCH3 is 1. The summed E-state index contributed by atoms with van der Waals surface area (Å²) in [4.78, 5) is 12.2. The van der Waals surface area contributed by atoms with Crippen molar-refractivity contribution in [1.82, 2.24) is 4.57 Å². The Morgan fingerprint density at radius 3 is 1.91 bits per heavy atom. The number of esters is 1. The van der Waals surface area contributed by atoms with Crippen molar-refractivity contribution in [3.63, 3.8) is 0 Å².